The second kappa shape index (κ2) is 5.71. The molecule has 0 bridgehead atoms. The van der Waals surface area contributed by atoms with Crippen LogP contribution in [0.4, 0.5) is 0 Å². The molecule has 0 aliphatic carbocycles. The first kappa shape index (κ1) is 13.4. The van der Waals surface area contributed by atoms with Crippen molar-refractivity contribution >= 4 is 16.7 Å². The van der Waals surface area contributed by atoms with Crippen LogP contribution in [0.5, 0.6) is 5.75 Å². The molecule has 2 aromatic rings. The van der Waals surface area contributed by atoms with Crippen molar-refractivity contribution < 1.29 is 19.4 Å². The maximum absolute atomic E-state index is 11.3. The van der Waals surface area contributed by atoms with Gasteiger partial charge in [0, 0.05) is 12.5 Å². The smallest absolute Gasteiger partial charge is 0.339 e. The van der Waals surface area contributed by atoms with Gasteiger partial charge in [-0.25, -0.2) is 4.79 Å². The summed E-state index contributed by atoms with van der Waals surface area (Å²) in [5.74, 6) is -0.597. The third kappa shape index (κ3) is 2.85. The van der Waals surface area contributed by atoms with E-state index in [0.29, 0.717) is 12.4 Å². The van der Waals surface area contributed by atoms with E-state index in [4.69, 9.17) is 9.47 Å². The first-order valence-electron chi connectivity index (χ1n) is 6.04. The van der Waals surface area contributed by atoms with Crippen molar-refractivity contribution in [3.63, 3.8) is 0 Å². The average Bonchev–Trinajstić information content (AvgIpc) is 2.39. The molecule has 1 atom stereocenters. The fraction of sp³-hybridized carbons (Fsp3) is 0.267. The Kier molecular flexibility index (Phi) is 4.02. The second-order valence-electron chi connectivity index (χ2n) is 4.35. The molecule has 0 aromatic heterocycles. The number of carboxylic acid groups (broad SMARTS) is 1. The first-order chi connectivity index (χ1) is 9.13. The molecule has 0 heterocycles. The minimum absolute atomic E-state index is 0.168. The summed E-state index contributed by atoms with van der Waals surface area (Å²) in [5, 5.41) is 11.0. The summed E-state index contributed by atoms with van der Waals surface area (Å²) < 4.78 is 10.8. The Labute approximate surface area is 111 Å². The van der Waals surface area contributed by atoms with Crippen LogP contribution < -0.4 is 4.74 Å². The number of methoxy groups -OCH3 is 1. The molecule has 2 rings (SSSR count). The van der Waals surface area contributed by atoms with Gasteiger partial charge in [-0.15, -0.1) is 0 Å². The zero-order valence-corrected chi connectivity index (χ0v) is 10.9. The quantitative estimate of drug-likeness (QED) is 0.898. The van der Waals surface area contributed by atoms with Gasteiger partial charge in [0.05, 0.1) is 6.61 Å². The van der Waals surface area contributed by atoms with Crippen molar-refractivity contribution in [2.45, 2.75) is 13.0 Å². The second-order valence-corrected chi connectivity index (χ2v) is 4.35. The molecule has 1 N–H and O–H groups in total. The van der Waals surface area contributed by atoms with E-state index in [2.05, 4.69) is 0 Å². The van der Waals surface area contributed by atoms with Crippen LogP contribution in [0.1, 0.15) is 17.3 Å². The Bertz CT molecular complexity index is 592. The molecule has 4 nitrogen and oxygen atoms in total. The van der Waals surface area contributed by atoms with Crippen LogP contribution in [0.3, 0.4) is 0 Å². The number of ether oxygens (including phenoxy) is 2. The third-order valence-corrected chi connectivity index (χ3v) is 2.83. The van der Waals surface area contributed by atoms with Crippen LogP contribution in [0.2, 0.25) is 0 Å². The Morgan fingerprint density at radius 1 is 1.26 bits per heavy atom. The van der Waals surface area contributed by atoms with Crippen LogP contribution in [-0.2, 0) is 4.74 Å². The summed E-state index contributed by atoms with van der Waals surface area (Å²) >= 11 is 0. The lowest BCUT2D eigenvalue weighted by atomic mass is 10.1. The summed E-state index contributed by atoms with van der Waals surface area (Å²) in [5.41, 5.74) is 0.168. The Morgan fingerprint density at radius 3 is 2.68 bits per heavy atom. The monoisotopic (exact) mass is 260 g/mol. The number of carboxylic acids is 1. The number of hydrogen-bond donors (Lipinski definition) is 1. The van der Waals surface area contributed by atoms with Gasteiger partial charge >= 0.3 is 5.97 Å². The molecular formula is C15H16O4. The fourth-order valence-corrected chi connectivity index (χ4v) is 2.01. The predicted octanol–water partition coefficient (Wildman–Crippen LogP) is 2.95. The molecular weight excluding hydrogens is 244 g/mol. The number of rotatable bonds is 5. The van der Waals surface area contributed by atoms with Crippen LogP contribution in [0.15, 0.2) is 36.4 Å². The Balaban J connectivity index is 2.52. The molecule has 0 saturated carbocycles. The lowest BCUT2D eigenvalue weighted by Gasteiger charge is -2.17. The maximum atomic E-state index is 11.3. The number of aromatic carboxylic acids is 1. The van der Waals surface area contributed by atoms with E-state index in [-0.39, 0.29) is 11.7 Å². The minimum Gasteiger partial charge on any atom is -0.487 e. The third-order valence-electron chi connectivity index (χ3n) is 2.83. The zero-order chi connectivity index (χ0) is 13.8. The highest BCUT2D eigenvalue weighted by Crippen LogP contribution is 2.30. The molecule has 2 aromatic carbocycles. The molecule has 0 aliphatic heterocycles. The molecule has 0 amide bonds. The van der Waals surface area contributed by atoms with E-state index in [9.17, 15) is 9.90 Å². The average molecular weight is 260 g/mol. The molecule has 1 unspecified atom stereocenters. The highest BCUT2D eigenvalue weighted by Gasteiger charge is 2.16. The van der Waals surface area contributed by atoms with Gasteiger partial charge in [0.2, 0.25) is 0 Å². The summed E-state index contributed by atoms with van der Waals surface area (Å²) in [6.45, 7) is 2.25. The zero-order valence-electron chi connectivity index (χ0n) is 10.9. The normalized spacial score (nSPS) is 12.3. The SMILES string of the molecule is COCC(C)Oc1c(C(=O)O)ccc2ccccc12. The number of benzene rings is 2. The van der Waals surface area contributed by atoms with Crippen LogP contribution in [0.25, 0.3) is 10.8 Å². The van der Waals surface area contributed by atoms with Gasteiger partial charge in [0.15, 0.2) is 0 Å². The van der Waals surface area contributed by atoms with E-state index in [1.807, 2.05) is 31.2 Å². The number of carbonyl (C=O) groups is 1. The van der Waals surface area contributed by atoms with Crippen LogP contribution in [0, 0.1) is 0 Å². The predicted molar refractivity (Wildman–Crippen MR) is 72.9 cm³/mol. The van der Waals surface area contributed by atoms with Gasteiger partial charge in [-0.05, 0) is 18.4 Å². The van der Waals surface area contributed by atoms with Crippen molar-refractivity contribution in [3.05, 3.63) is 42.0 Å². The molecule has 0 spiro atoms. The first-order valence-corrected chi connectivity index (χ1v) is 6.04. The van der Waals surface area contributed by atoms with Gasteiger partial charge in [-0.2, -0.15) is 0 Å². The molecule has 19 heavy (non-hydrogen) atoms. The van der Waals surface area contributed by atoms with Crippen LogP contribution in [-0.4, -0.2) is 30.9 Å². The van der Waals surface area contributed by atoms with Crippen LogP contribution >= 0.6 is 0 Å². The van der Waals surface area contributed by atoms with E-state index in [1.165, 1.54) is 0 Å². The maximum Gasteiger partial charge on any atom is 0.339 e. The molecule has 0 fully saturated rings. The van der Waals surface area contributed by atoms with Gasteiger partial charge in [-0.3, -0.25) is 0 Å². The van der Waals surface area contributed by atoms with E-state index >= 15 is 0 Å². The van der Waals surface area contributed by atoms with Crippen molar-refractivity contribution in [1.82, 2.24) is 0 Å². The van der Waals surface area contributed by atoms with Gasteiger partial charge in [0.1, 0.15) is 17.4 Å². The van der Waals surface area contributed by atoms with E-state index < -0.39 is 5.97 Å². The standard InChI is InChI=1S/C15H16O4/c1-10(9-18-2)19-14-12-6-4-3-5-11(12)7-8-13(14)15(16)17/h3-8,10H,9H2,1-2H3,(H,16,17). The molecule has 0 saturated heterocycles. The topological polar surface area (TPSA) is 55.8 Å². The lowest BCUT2D eigenvalue weighted by molar-refractivity contribution is 0.0675. The van der Waals surface area contributed by atoms with Crippen molar-refractivity contribution in [2.24, 2.45) is 0 Å². The minimum atomic E-state index is -0.995. The fourth-order valence-electron chi connectivity index (χ4n) is 2.01. The summed E-state index contributed by atoms with van der Waals surface area (Å²) in [7, 11) is 1.58. The molecule has 4 heteroatoms. The molecule has 0 aliphatic rings. The largest absolute Gasteiger partial charge is 0.487 e. The molecule has 100 valence electrons. The van der Waals surface area contributed by atoms with Gasteiger partial charge in [0.25, 0.3) is 0 Å². The highest BCUT2D eigenvalue weighted by atomic mass is 16.5. The Hall–Kier alpha value is -2.07. The summed E-state index contributed by atoms with van der Waals surface area (Å²) in [4.78, 5) is 11.3. The van der Waals surface area contributed by atoms with Gasteiger partial charge in [-0.1, -0.05) is 30.3 Å². The summed E-state index contributed by atoms with van der Waals surface area (Å²) in [6.07, 6.45) is -0.214. The molecule has 0 radical (unpaired) electrons. The Morgan fingerprint density at radius 2 is 2.00 bits per heavy atom. The number of fused-ring (bicyclic) bond motifs is 1. The van der Waals surface area contributed by atoms with Crippen molar-refractivity contribution in [2.75, 3.05) is 13.7 Å². The number of hydrogen-bond acceptors (Lipinski definition) is 3. The van der Waals surface area contributed by atoms with E-state index in [1.54, 1.807) is 19.2 Å². The highest BCUT2D eigenvalue weighted by molar-refractivity contribution is 6.00. The lowest BCUT2D eigenvalue weighted by Crippen LogP contribution is -2.19. The summed E-state index contributed by atoms with van der Waals surface area (Å²) in [6, 6.07) is 10.9. The van der Waals surface area contributed by atoms with Gasteiger partial charge < -0.3 is 14.6 Å². The van der Waals surface area contributed by atoms with Crippen molar-refractivity contribution in [1.29, 1.82) is 0 Å². The van der Waals surface area contributed by atoms with Crippen molar-refractivity contribution in [3.8, 4) is 5.75 Å². The van der Waals surface area contributed by atoms with E-state index in [0.717, 1.165) is 10.8 Å².